The molecule has 0 saturated heterocycles. The summed E-state index contributed by atoms with van der Waals surface area (Å²) in [7, 11) is -0.0552. The molecule has 0 fully saturated rings. The Morgan fingerprint density at radius 2 is 1.67 bits per heavy atom. The fourth-order valence-electron chi connectivity index (χ4n) is 3.90. The van der Waals surface area contributed by atoms with E-state index in [4.69, 9.17) is 20.6 Å². The zero-order valence-electron chi connectivity index (χ0n) is 17.8. The third-order valence-electron chi connectivity index (χ3n) is 5.26. The zero-order valence-corrected chi connectivity index (χ0v) is 19.6. The molecule has 27 heavy (non-hydrogen) atoms. The first-order valence-electron chi connectivity index (χ1n) is 9.65. The lowest BCUT2D eigenvalue weighted by Crippen LogP contribution is -2.29. The standard InChI is InChI=1S/C23H32ClO2P/c1-14-9-15-11-16-12-23(8,24)13-18(22(5,6)7)20(16)26-27-25-19(15)17(10-14)21(2,3)4/h9-11,27H,12-13H2,1-8H3/b16-11-. The van der Waals surface area contributed by atoms with Gasteiger partial charge in [0.05, 0.1) is 0 Å². The lowest BCUT2D eigenvalue weighted by atomic mass is 9.73. The van der Waals surface area contributed by atoms with Gasteiger partial charge < -0.3 is 9.05 Å². The average Bonchev–Trinajstić information content (AvgIpc) is 2.45. The quantitative estimate of drug-likeness (QED) is 0.325. The molecule has 0 amide bonds. The Hall–Kier alpha value is -0.980. The summed E-state index contributed by atoms with van der Waals surface area (Å²) in [6.45, 7) is 17.6. The molecule has 4 heteroatoms. The zero-order chi connectivity index (χ0) is 20.2. The van der Waals surface area contributed by atoms with Crippen LogP contribution in [0.1, 0.15) is 78.0 Å². The number of fused-ring (bicyclic) bond motifs is 2. The normalized spacial score (nSPS) is 26.2. The molecule has 1 heterocycles. The molecule has 0 N–H and O–H groups in total. The topological polar surface area (TPSA) is 18.5 Å². The molecule has 2 unspecified atom stereocenters. The predicted molar refractivity (Wildman–Crippen MR) is 118 cm³/mol. The minimum atomic E-state index is -0.290. The molecule has 0 bridgehead atoms. The first-order valence-corrected chi connectivity index (χ1v) is 10.8. The second-order valence-corrected chi connectivity index (χ2v) is 11.7. The lowest BCUT2D eigenvalue weighted by Gasteiger charge is -2.38. The van der Waals surface area contributed by atoms with Gasteiger partial charge in [-0.15, -0.1) is 11.6 Å². The van der Waals surface area contributed by atoms with Crippen LogP contribution in [0.2, 0.25) is 0 Å². The molecule has 0 radical (unpaired) electrons. The van der Waals surface area contributed by atoms with E-state index in [-0.39, 0.29) is 24.7 Å². The van der Waals surface area contributed by atoms with Crippen molar-refractivity contribution in [1.82, 2.24) is 0 Å². The smallest absolute Gasteiger partial charge is 0.275 e. The number of allylic oxidation sites excluding steroid dienone is 2. The number of benzene rings is 1. The van der Waals surface area contributed by atoms with E-state index in [2.05, 4.69) is 73.6 Å². The van der Waals surface area contributed by atoms with Crippen molar-refractivity contribution in [3.63, 3.8) is 0 Å². The van der Waals surface area contributed by atoms with Crippen LogP contribution in [0.25, 0.3) is 6.08 Å². The van der Waals surface area contributed by atoms with E-state index in [1.807, 2.05) is 0 Å². The van der Waals surface area contributed by atoms with Crippen molar-refractivity contribution >= 4 is 26.7 Å². The first-order chi connectivity index (χ1) is 12.3. The number of aryl methyl sites for hydroxylation is 1. The molecule has 2 aliphatic rings. The van der Waals surface area contributed by atoms with E-state index in [0.29, 0.717) is 0 Å². The molecule has 0 spiro atoms. The van der Waals surface area contributed by atoms with Crippen LogP contribution >= 0.6 is 20.6 Å². The largest absolute Gasteiger partial charge is 0.440 e. The summed E-state index contributed by atoms with van der Waals surface area (Å²) in [5, 5.41) is 0. The molecule has 1 aliphatic carbocycles. The number of hydrogen-bond donors (Lipinski definition) is 0. The van der Waals surface area contributed by atoms with E-state index < -0.39 is 0 Å². The van der Waals surface area contributed by atoms with Gasteiger partial charge in [0.25, 0.3) is 9.03 Å². The van der Waals surface area contributed by atoms with Crippen LogP contribution in [0.15, 0.2) is 29.0 Å². The third-order valence-corrected chi connectivity index (χ3v) is 6.10. The second kappa shape index (κ2) is 6.82. The van der Waals surface area contributed by atoms with Gasteiger partial charge in [-0.1, -0.05) is 47.6 Å². The average molecular weight is 407 g/mol. The van der Waals surface area contributed by atoms with E-state index in [0.717, 1.165) is 29.9 Å². The van der Waals surface area contributed by atoms with Gasteiger partial charge in [0.2, 0.25) is 0 Å². The Bertz CT molecular complexity index is 820. The molecular formula is C23H32ClO2P. The van der Waals surface area contributed by atoms with Gasteiger partial charge in [-0.3, -0.25) is 0 Å². The third kappa shape index (κ3) is 4.38. The molecule has 3 rings (SSSR count). The van der Waals surface area contributed by atoms with Crippen LogP contribution in [-0.2, 0) is 9.94 Å². The van der Waals surface area contributed by atoms with Gasteiger partial charge in [0.1, 0.15) is 11.5 Å². The Labute approximate surface area is 171 Å². The Balaban J connectivity index is 2.26. The van der Waals surface area contributed by atoms with E-state index in [1.165, 1.54) is 22.3 Å². The predicted octanol–water partition coefficient (Wildman–Crippen LogP) is 7.68. The molecule has 1 aromatic rings. The summed E-state index contributed by atoms with van der Waals surface area (Å²) in [4.78, 5) is -0.290. The van der Waals surface area contributed by atoms with Gasteiger partial charge in [-0.25, -0.2) is 0 Å². The van der Waals surface area contributed by atoms with E-state index in [9.17, 15) is 0 Å². The molecule has 0 saturated carbocycles. The highest BCUT2D eigenvalue weighted by Gasteiger charge is 2.38. The van der Waals surface area contributed by atoms with Gasteiger partial charge in [0.15, 0.2) is 0 Å². The summed E-state index contributed by atoms with van der Waals surface area (Å²) in [5.74, 6) is 1.93. The fraction of sp³-hybridized carbons (Fsp3) is 0.565. The number of alkyl halides is 1. The van der Waals surface area contributed by atoms with Crippen LogP contribution in [0.5, 0.6) is 5.75 Å². The molecule has 2 atom stereocenters. The highest BCUT2D eigenvalue weighted by Crippen LogP contribution is 2.51. The van der Waals surface area contributed by atoms with Crippen molar-refractivity contribution in [3.8, 4) is 5.75 Å². The fourth-order valence-corrected chi connectivity index (χ4v) is 4.87. The van der Waals surface area contributed by atoms with Crippen molar-refractivity contribution in [2.75, 3.05) is 0 Å². The monoisotopic (exact) mass is 406 g/mol. The minimum absolute atomic E-state index is 0.000670. The number of rotatable bonds is 0. The van der Waals surface area contributed by atoms with Gasteiger partial charge in [-0.2, -0.15) is 0 Å². The summed E-state index contributed by atoms with van der Waals surface area (Å²) >= 11 is 6.89. The van der Waals surface area contributed by atoms with Crippen LogP contribution < -0.4 is 4.52 Å². The molecule has 1 aromatic carbocycles. The lowest BCUT2D eigenvalue weighted by molar-refractivity contribution is 0.355. The van der Waals surface area contributed by atoms with Crippen molar-refractivity contribution in [3.05, 3.63) is 45.7 Å². The molecule has 148 valence electrons. The first kappa shape index (κ1) is 20.7. The second-order valence-electron chi connectivity index (χ2n) is 10.3. The molecule has 2 nitrogen and oxygen atoms in total. The summed E-state index contributed by atoms with van der Waals surface area (Å²) < 4.78 is 12.4. The van der Waals surface area contributed by atoms with Gasteiger partial charge >= 0.3 is 0 Å². The molecule has 0 aromatic heterocycles. The van der Waals surface area contributed by atoms with Gasteiger partial charge in [0, 0.05) is 16.0 Å². The Kier molecular flexibility index (Phi) is 5.24. The molecule has 1 aliphatic heterocycles. The number of hydrogen-bond acceptors (Lipinski definition) is 2. The van der Waals surface area contributed by atoms with Crippen molar-refractivity contribution in [2.45, 2.75) is 78.5 Å². The van der Waals surface area contributed by atoms with Crippen LogP contribution in [0.3, 0.4) is 0 Å². The van der Waals surface area contributed by atoms with Crippen LogP contribution in [0.4, 0.5) is 0 Å². The van der Waals surface area contributed by atoms with Crippen molar-refractivity contribution in [2.24, 2.45) is 5.41 Å². The maximum absolute atomic E-state index is 6.89. The van der Waals surface area contributed by atoms with Crippen LogP contribution in [0, 0.1) is 12.3 Å². The summed E-state index contributed by atoms with van der Waals surface area (Å²) in [6, 6.07) is 4.44. The SMILES string of the molecule is Cc1cc2c(c(C(C)(C)C)c1)OPOC1=C(C(C)(C)C)CC(C)(Cl)C/C1=C/2. The van der Waals surface area contributed by atoms with Crippen molar-refractivity contribution in [1.29, 1.82) is 0 Å². The molecular weight excluding hydrogens is 375 g/mol. The summed E-state index contributed by atoms with van der Waals surface area (Å²) in [5.41, 5.74) is 6.06. The highest BCUT2D eigenvalue weighted by molar-refractivity contribution is 7.26. The van der Waals surface area contributed by atoms with Gasteiger partial charge in [-0.05, 0) is 66.4 Å². The summed E-state index contributed by atoms with van der Waals surface area (Å²) in [6.07, 6.45) is 3.87. The van der Waals surface area contributed by atoms with Crippen molar-refractivity contribution < 1.29 is 9.05 Å². The van der Waals surface area contributed by atoms with E-state index in [1.54, 1.807) is 0 Å². The van der Waals surface area contributed by atoms with Crippen LogP contribution in [-0.4, -0.2) is 4.87 Å². The maximum atomic E-state index is 6.89. The Morgan fingerprint density at radius 1 is 1.00 bits per heavy atom. The minimum Gasteiger partial charge on any atom is -0.440 e. The maximum Gasteiger partial charge on any atom is 0.275 e. The Morgan fingerprint density at radius 3 is 2.26 bits per heavy atom. The number of halogens is 1. The highest BCUT2D eigenvalue weighted by atomic mass is 35.5. The van der Waals surface area contributed by atoms with E-state index >= 15 is 0 Å².